The molecule has 2 amide bonds. The molecule has 8 nitrogen and oxygen atoms in total. The highest BCUT2D eigenvalue weighted by Crippen LogP contribution is 2.21. The van der Waals surface area contributed by atoms with Gasteiger partial charge in [-0.15, -0.1) is 11.3 Å². The van der Waals surface area contributed by atoms with E-state index in [1.165, 1.54) is 24.3 Å². The van der Waals surface area contributed by atoms with E-state index >= 15 is 0 Å². The van der Waals surface area contributed by atoms with Crippen molar-refractivity contribution in [2.24, 2.45) is 5.14 Å². The molecule has 3 rings (SSSR count). The summed E-state index contributed by atoms with van der Waals surface area (Å²) in [6.45, 7) is 0. The van der Waals surface area contributed by atoms with Crippen molar-refractivity contribution in [3.63, 3.8) is 0 Å². The van der Waals surface area contributed by atoms with Gasteiger partial charge in [0.05, 0.1) is 4.90 Å². The van der Waals surface area contributed by atoms with Crippen LogP contribution in [0.15, 0.2) is 34.5 Å². The molecule has 0 bridgehead atoms. The Labute approximate surface area is 142 Å². The van der Waals surface area contributed by atoms with Crippen LogP contribution in [-0.2, 0) is 10.0 Å². The van der Waals surface area contributed by atoms with E-state index in [0.717, 1.165) is 24.2 Å². The van der Waals surface area contributed by atoms with E-state index in [9.17, 15) is 18.0 Å². The lowest BCUT2D eigenvalue weighted by Gasteiger charge is -2.03. The zero-order valence-corrected chi connectivity index (χ0v) is 14.0. The number of aromatic nitrogens is 1. The van der Waals surface area contributed by atoms with Gasteiger partial charge in [-0.25, -0.2) is 18.5 Å². The molecule has 1 aromatic carbocycles. The van der Waals surface area contributed by atoms with Crippen LogP contribution in [0.1, 0.15) is 33.7 Å². The quantitative estimate of drug-likeness (QED) is 0.724. The molecule has 0 aliphatic heterocycles. The Hall–Kier alpha value is -2.30. The molecule has 4 N–H and O–H groups in total. The van der Waals surface area contributed by atoms with Crippen molar-refractivity contribution in [3.8, 4) is 0 Å². The summed E-state index contributed by atoms with van der Waals surface area (Å²) in [4.78, 5) is 28.0. The summed E-state index contributed by atoms with van der Waals surface area (Å²) in [7, 11) is -3.80. The van der Waals surface area contributed by atoms with Crippen molar-refractivity contribution >= 4 is 38.3 Å². The van der Waals surface area contributed by atoms with Crippen molar-refractivity contribution in [2.75, 3.05) is 5.32 Å². The number of carbonyl (C=O) groups is 2. The Morgan fingerprint density at radius 2 is 1.83 bits per heavy atom. The van der Waals surface area contributed by atoms with Crippen molar-refractivity contribution in [2.45, 2.75) is 23.8 Å². The molecule has 1 fully saturated rings. The van der Waals surface area contributed by atoms with Crippen molar-refractivity contribution in [1.82, 2.24) is 10.3 Å². The molecule has 1 aliphatic rings. The molecule has 1 heterocycles. The SMILES string of the molecule is NS(=O)(=O)c1ccc(C(=O)Nc2nc(C(=O)NC3CC3)cs2)cc1. The molecule has 1 aliphatic carbocycles. The van der Waals surface area contributed by atoms with Crippen LogP contribution in [0.2, 0.25) is 0 Å². The Morgan fingerprint density at radius 3 is 2.42 bits per heavy atom. The first-order valence-electron chi connectivity index (χ1n) is 7.03. The third-order valence-electron chi connectivity index (χ3n) is 3.31. The molecule has 0 radical (unpaired) electrons. The summed E-state index contributed by atoms with van der Waals surface area (Å²) in [6.07, 6.45) is 1.96. The number of rotatable bonds is 5. The number of primary sulfonamides is 1. The normalized spacial score (nSPS) is 14.2. The number of carbonyl (C=O) groups excluding carboxylic acids is 2. The fraction of sp³-hybridized carbons (Fsp3) is 0.214. The van der Waals surface area contributed by atoms with E-state index in [1.54, 1.807) is 5.38 Å². The minimum absolute atomic E-state index is 0.0765. The van der Waals surface area contributed by atoms with Crippen LogP contribution in [0.25, 0.3) is 0 Å². The van der Waals surface area contributed by atoms with Crippen molar-refractivity contribution in [3.05, 3.63) is 40.9 Å². The maximum absolute atomic E-state index is 12.1. The largest absolute Gasteiger partial charge is 0.348 e. The molecule has 0 spiro atoms. The lowest BCUT2D eigenvalue weighted by atomic mass is 10.2. The van der Waals surface area contributed by atoms with E-state index < -0.39 is 15.9 Å². The van der Waals surface area contributed by atoms with Crippen LogP contribution < -0.4 is 15.8 Å². The van der Waals surface area contributed by atoms with Gasteiger partial charge in [-0.1, -0.05) is 0 Å². The summed E-state index contributed by atoms with van der Waals surface area (Å²) >= 11 is 1.14. The van der Waals surface area contributed by atoms with Gasteiger partial charge in [0, 0.05) is 17.0 Å². The van der Waals surface area contributed by atoms with Crippen LogP contribution in [0.5, 0.6) is 0 Å². The highest BCUT2D eigenvalue weighted by Gasteiger charge is 2.25. The minimum atomic E-state index is -3.80. The first-order chi connectivity index (χ1) is 11.3. The summed E-state index contributed by atoms with van der Waals surface area (Å²) in [5, 5.41) is 12.2. The fourth-order valence-electron chi connectivity index (χ4n) is 1.89. The van der Waals surface area contributed by atoms with Gasteiger partial charge in [-0.3, -0.25) is 14.9 Å². The minimum Gasteiger partial charge on any atom is -0.348 e. The number of nitrogens with two attached hydrogens (primary N) is 1. The molecule has 126 valence electrons. The molecular formula is C14H14N4O4S2. The van der Waals surface area contributed by atoms with Gasteiger partial charge >= 0.3 is 0 Å². The van der Waals surface area contributed by atoms with E-state index in [2.05, 4.69) is 15.6 Å². The van der Waals surface area contributed by atoms with Crippen LogP contribution in [-0.4, -0.2) is 31.3 Å². The van der Waals surface area contributed by atoms with Crippen molar-refractivity contribution in [1.29, 1.82) is 0 Å². The average Bonchev–Trinajstić information content (AvgIpc) is 3.22. The smallest absolute Gasteiger partial charge is 0.271 e. The number of hydrogen-bond donors (Lipinski definition) is 3. The number of nitrogens with zero attached hydrogens (tertiary/aromatic N) is 1. The molecule has 0 atom stereocenters. The predicted molar refractivity (Wildman–Crippen MR) is 88.4 cm³/mol. The van der Waals surface area contributed by atoms with Gasteiger partial charge in [-0.2, -0.15) is 0 Å². The second-order valence-electron chi connectivity index (χ2n) is 5.31. The van der Waals surface area contributed by atoms with E-state index in [4.69, 9.17) is 5.14 Å². The van der Waals surface area contributed by atoms with Crippen LogP contribution in [0.3, 0.4) is 0 Å². The first kappa shape index (κ1) is 16.6. The van der Waals surface area contributed by atoms with E-state index in [1.807, 2.05) is 0 Å². The van der Waals surface area contributed by atoms with Gasteiger partial charge in [0.1, 0.15) is 5.69 Å². The monoisotopic (exact) mass is 366 g/mol. The summed E-state index contributed by atoms with van der Waals surface area (Å²) in [5.41, 5.74) is 0.508. The molecular weight excluding hydrogens is 352 g/mol. The van der Waals surface area contributed by atoms with E-state index in [0.29, 0.717) is 0 Å². The van der Waals surface area contributed by atoms with Gasteiger partial charge in [0.2, 0.25) is 10.0 Å². The van der Waals surface area contributed by atoms with Gasteiger partial charge in [0.25, 0.3) is 11.8 Å². The van der Waals surface area contributed by atoms with Crippen LogP contribution in [0, 0.1) is 0 Å². The van der Waals surface area contributed by atoms with Gasteiger partial charge in [-0.05, 0) is 37.1 Å². The number of hydrogen-bond acceptors (Lipinski definition) is 6. The Balaban J connectivity index is 1.66. The Bertz CT molecular complexity index is 886. The molecule has 24 heavy (non-hydrogen) atoms. The fourth-order valence-corrected chi connectivity index (χ4v) is 3.09. The van der Waals surface area contributed by atoms with Gasteiger partial charge < -0.3 is 5.32 Å². The lowest BCUT2D eigenvalue weighted by molar-refractivity contribution is 0.0945. The highest BCUT2D eigenvalue weighted by atomic mass is 32.2. The first-order valence-corrected chi connectivity index (χ1v) is 9.46. The topological polar surface area (TPSA) is 131 Å². The summed E-state index contributed by atoms with van der Waals surface area (Å²) in [5.74, 6) is -0.716. The number of anilines is 1. The standard InChI is InChI=1S/C14H14N4O4S2/c15-24(21,22)10-5-1-8(2-6-10)12(19)18-14-17-11(7-23-14)13(20)16-9-3-4-9/h1-2,5-7,9H,3-4H2,(H,16,20)(H2,15,21,22)(H,17,18,19). The van der Waals surface area contributed by atoms with Crippen LogP contribution >= 0.6 is 11.3 Å². The highest BCUT2D eigenvalue weighted by molar-refractivity contribution is 7.89. The second kappa shape index (κ2) is 6.30. The zero-order valence-electron chi connectivity index (χ0n) is 12.4. The number of benzene rings is 1. The number of nitrogens with one attached hydrogen (secondary N) is 2. The molecule has 0 unspecified atom stereocenters. The van der Waals surface area contributed by atoms with Gasteiger partial charge in [0.15, 0.2) is 5.13 Å². The number of sulfonamides is 1. The lowest BCUT2D eigenvalue weighted by Crippen LogP contribution is -2.25. The second-order valence-corrected chi connectivity index (χ2v) is 7.73. The third-order valence-corrected chi connectivity index (χ3v) is 5.00. The Kier molecular flexibility index (Phi) is 4.35. The Morgan fingerprint density at radius 1 is 1.17 bits per heavy atom. The molecule has 0 saturated heterocycles. The maximum Gasteiger partial charge on any atom is 0.271 e. The number of thiazole rings is 1. The molecule has 1 aromatic heterocycles. The number of amides is 2. The molecule has 1 saturated carbocycles. The van der Waals surface area contributed by atoms with Crippen molar-refractivity contribution < 1.29 is 18.0 Å². The summed E-state index contributed by atoms with van der Waals surface area (Å²) < 4.78 is 22.4. The zero-order chi connectivity index (χ0) is 17.3. The predicted octanol–water partition coefficient (Wildman–Crippen LogP) is 0.935. The maximum atomic E-state index is 12.1. The molecule has 10 heteroatoms. The third kappa shape index (κ3) is 3.96. The molecule has 2 aromatic rings. The average molecular weight is 366 g/mol. The summed E-state index contributed by atoms with van der Waals surface area (Å²) in [6, 6.07) is 5.43. The van der Waals surface area contributed by atoms with Crippen LogP contribution in [0.4, 0.5) is 5.13 Å². The van der Waals surface area contributed by atoms with E-state index in [-0.39, 0.29) is 33.2 Å².